The van der Waals surface area contributed by atoms with Gasteiger partial charge in [-0.2, -0.15) is 15.6 Å². The minimum Gasteiger partial charge on any atom is -0.372 e. The first-order valence-electron chi connectivity index (χ1n) is 2.01. The van der Waals surface area contributed by atoms with Crippen LogP contribution in [0.3, 0.4) is 0 Å². The topological polar surface area (TPSA) is 106 Å². The SMILES string of the molecule is N#C/C(=N/N)C(O)C#N. The average molecular weight is 124 g/mol. The second-order valence-corrected chi connectivity index (χ2v) is 1.16. The van der Waals surface area contributed by atoms with Gasteiger partial charge >= 0.3 is 0 Å². The highest BCUT2D eigenvalue weighted by Crippen LogP contribution is 1.82. The van der Waals surface area contributed by atoms with Gasteiger partial charge in [-0.25, -0.2) is 0 Å². The van der Waals surface area contributed by atoms with Gasteiger partial charge in [0.25, 0.3) is 0 Å². The molecule has 0 radical (unpaired) electrons. The van der Waals surface area contributed by atoms with Crippen molar-refractivity contribution in [2.24, 2.45) is 10.9 Å². The summed E-state index contributed by atoms with van der Waals surface area (Å²) in [4.78, 5) is 0. The van der Waals surface area contributed by atoms with Gasteiger partial charge in [-0.15, -0.1) is 0 Å². The molecule has 0 aliphatic rings. The Morgan fingerprint density at radius 3 is 2.33 bits per heavy atom. The summed E-state index contributed by atoms with van der Waals surface area (Å²) in [5.41, 5.74) is -0.377. The maximum absolute atomic E-state index is 8.52. The summed E-state index contributed by atoms with van der Waals surface area (Å²) < 4.78 is 0. The number of aliphatic hydroxyl groups excluding tert-OH is 1. The normalized spacial score (nSPS) is 13.4. The van der Waals surface area contributed by atoms with Crippen molar-refractivity contribution in [3.63, 3.8) is 0 Å². The Bertz CT molecular complexity index is 196. The predicted octanol–water partition coefficient (Wildman–Crippen LogP) is -1.29. The number of rotatable bonds is 1. The zero-order valence-electron chi connectivity index (χ0n) is 4.44. The van der Waals surface area contributed by atoms with Gasteiger partial charge in [0, 0.05) is 0 Å². The average Bonchev–Trinajstić information content (AvgIpc) is 1.90. The van der Waals surface area contributed by atoms with E-state index in [1.807, 2.05) is 0 Å². The van der Waals surface area contributed by atoms with Gasteiger partial charge in [-0.3, -0.25) is 0 Å². The Balaban J connectivity index is 4.23. The number of hydrogen-bond donors (Lipinski definition) is 2. The van der Waals surface area contributed by atoms with E-state index in [-0.39, 0.29) is 5.71 Å². The minimum atomic E-state index is -1.50. The van der Waals surface area contributed by atoms with Crippen LogP contribution >= 0.6 is 0 Å². The molecule has 0 bridgehead atoms. The third-order valence-electron chi connectivity index (χ3n) is 0.635. The first kappa shape index (κ1) is 7.41. The van der Waals surface area contributed by atoms with E-state index in [9.17, 15) is 0 Å². The molecule has 0 amide bonds. The fraction of sp³-hybridized carbons (Fsp3) is 0.250. The molecule has 9 heavy (non-hydrogen) atoms. The highest BCUT2D eigenvalue weighted by molar-refractivity contribution is 6.03. The Labute approximate surface area is 51.6 Å². The lowest BCUT2D eigenvalue weighted by Gasteiger charge is -1.91. The monoisotopic (exact) mass is 124 g/mol. The molecule has 0 aromatic heterocycles. The molecule has 0 spiro atoms. The summed E-state index contributed by atoms with van der Waals surface area (Å²) in [5, 5.41) is 27.4. The summed E-state index contributed by atoms with van der Waals surface area (Å²) >= 11 is 0. The standard InChI is InChI=1S/C4H4N4O/c5-1-3(8-7)4(9)2-6/h4,9H,7H2/b8-3-. The molecule has 0 aromatic carbocycles. The Kier molecular flexibility index (Phi) is 2.81. The van der Waals surface area contributed by atoms with E-state index >= 15 is 0 Å². The summed E-state index contributed by atoms with van der Waals surface area (Å²) in [6, 6.07) is 2.84. The van der Waals surface area contributed by atoms with Crippen LogP contribution in [-0.2, 0) is 0 Å². The second-order valence-electron chi connectivity index (χ2n) is 1.16. The Morgan fingerprint density at radius 2 is 2.22 bits per heavy atom. The van der Waals surface area contributed by atoms with Crippen LogP contribution in [0.25, 0.3) is 0 Å². The highest BCUT2D eigenvalue weighted by atomic mass is 16.3. The quantitative estimate of drug-likeness (QED) is 0.196. The minimum absolute atomic E-state index is 0.377. The van der Waals surface area contributed by atoms with Crippen molar-refractivity contribution >= 4 is 5.71 Å². The van der Waals surface area contributed by atoms with Crippen LogP contribution in [-0.4, -0.2) is 16.9 Å². The zero-order chi connectivity index (χ0) is 7.28. The second kappa shape index (κ2) is 3.42. The molecular formula is C4H4N4O. The number of hydrogen-bond acceptors (Lipinski definition) is 5. The smallest absolute Gasteiger partial charge is 0.195 e. The van der Waals surface area contributed by atoms with Gasteiger partial charge in [0.2, 0.25) is 0 Å². The molecular weight excluding hydrogens is 120 g/mol. The van der Waals surface area contributed by atoms with Crippen molar-refractivity contribution in [1.82, 2.24) is 0 Å². The first-order chi connectivity index (χ1) is 4.26. The van der Waals surface area contributed by atoms with Crippen molar-refractivity contribution in [3.8, 4) is 12.1 Å². The fourth-order valence-electron chi connectivity index (χ4n) is 0.222. The van der Waals surface area contributed by atoms with E-state index < -0.39 is 6.10 Å². The Morgan fingerprint density at radius 1 is 1.67 bits per heavy atom. The molecule has 0 aliphatic carbocycles. The largest absolute Gasteiger partial charge is 0.372 e. The van der Waals surface area contributed by atoms with Crippen LogP contribution in [0.15, 0.2) is 5.10 Å². The maximum atomic E-state index is 8.52. The van der Waals surface area contributed by atoms with Gasteiger partial charge in [0.1, 0.15) is 12.1 Å². The van der Waals surface area contributed by atoms with E-state index in [1.54, 1.807) is 0 Å². The van der Waals surface area contributed by atoms with Crippen LogP contribution in [0.2, 0.25) is 0 Å². The molecule has 46 valence electrons. The van der Waals surface area contributed by atoms with Crippen LogP contribution in [0, 0.1) is 22.7 Å². The molecule has 0 saturated heterocycles. The third kappa shape index (κ3) is 1.76. The van der Waals surface area contributed by atoms with Gasteiger partial charge in [-0.05, 0) is 0 Å². The Hall–Kier alpha value is -1.59. The fourth-order valence-corrected chi connectivity index (χ4v) is 0.222. The van der Waals surface area contributed by atoms with Crippen molar-refractivity contribution in [1.29, 1.82) is 10.5 Å². The van der Waals surface area contributed by atoms with Crippen molar-refractivity contribution in [3.05, 3.63) is 0 Å². The number of nitrogens with two attached hydrogens (primary N) is 1. The highest BCUT2D eigenvalue weighted by Gasteiger charge is 2.08. The van der Waals surface area contributed by atoms with Gasteiger partial charge < -0.3 is 10.9 Å². The summed E-state index contributed by atoms with van der Waals surface area (Å²) in [6.45, 7) is 0. The molecule has 1 unspecified atom stereocenters. The van der Waals surface area contributed by atoms with Gasteiger partial charge in [0.05, 0.1) is 0 Å². The zero-order valence-corrected chi connectivity index (χ0v) is 4.44. The van der Waals surface area contributed by atoms with Crippen LogP contribution in [0.1, 0.15) is 0 Å². The van der Waals surface area contributed by atoms with E-state index in [2.05, 4.69) is 10.9 Å². The van der Waals surface area contributed by atoms with Crippen molar-refractivity contribution < 1.29 is 5.11 Å². The summed E-state index contributed by atoms with van der Waals surface area (Å²) in [7, 11) is 0. The number of nitrogens with zero attached hydrogens (tertiary/aromatic N) is 3. The molecule has 0 rings (SSSR count). The molecule has 0 heterocycles. The molecule has 5 nitrogen and oxygen atoms in total. The van der Waals surface area contributed by atoms with Gasteiger partial charge in [-0.1, -0.05) is 0 Å². The van der Waals surface area contributed by atoms with Crippen molar-refractivity contribution in [2.45, 2.75) is 6.10 Å². The third-order valence-corrected chi connectivity index (χ3v) is 0.635. The van der Waals surface area contributed by atoms with E-state index in [1.165, 1.54) is 12.1 Å². The maximum Gasteiger partial charge on any atom is 0.195 e. The first-order valence-corrected chi connectivity index (χ1v) is 2.01. The lowest BCUT2D eigenvalue weighted by atomic mass is 10.3. The lowest BCUT2D eigenvalue weighted by molar-refractivity contribution is 0.296. The molecule has 0 aliphatic heterocycles. The van der Waals surface area contributed by atoms with E-state index in [4.69, 9.17) is 15.6 Å². The van der Waals surface area contributed by atoms with Crippen molar-refractivity contribution in [2.75, 3.05) is 0 Å². The number of nitriles is 2. The van der Waals surface area contributed by atoms with Crippen LogP contribution < -0.4 is 5.84 Å². The molecule has 0 fully saturated rings. The van der Waals surface area contributed by atoms with E-state index in [0.717, 1.165) is 0 Å². The molecule has 0 aromatic rings. The number of hydrazone groups is 1. The summed E-state index contributed by atoms with van der Waals surface area (Å²) in [6.07, 6.45) is -1.50. The predicted molar refractivity (Wildman–Crippen MR) is 28.9 cm³/mol. The lowest BCUT2D eigenvalue weighted by Crippen LogP contribution is -2.17. The van der Waals surface area contributed by atoms with Gasteiger partial charge in [0.15, 0.2) is 11.8 Å². The van der Waals surface area contributed by atoms with Crippen LogP contribution in [0.5, 0.6) is 0 Å². The molecule has 5 heteroatoms. The van der Waals surface area contributed by atoms with E-state index in [0.29, 0.717) is 0 Å². The molecule has 0 saturated carbocycles. The summed E-state index contributed by atoms with van der Waals surface area (Å²) in [5.74, 6) is 4.61. The number of aliphatic hydroxyl groups is 1. The molecule has 3 N–H and O–H groups in total. The molecule has 1 atom stereocenters. The van der Waals surface area contributed by atoms with Crippen LogP contribution in [0.4, 0.5) is 0 Å².